The van der Waals surface area contributed by atoms with Gasteiger partial charge in [-0.3, -0.25) is 4.99 Å². The lowest BCUT2D eigenvalue weighted by atomic mass is 10.1. The molecule has 0 saturated carbocycles. The monoisotopic (exact) mass is 261 g/mol. The first-order valence-corrected chi connectivity index (χ1v) is 6.27. The standard InChI is InChI=1S/C14H22F3N/c1-5-7-8-13(9-11(3)4)18-10-12(6-2)14(15,16)17/h6,8,10-11H,5,7,9H2,1-4H3/b12-6+,13-8+,18-10+. The highest BCUT2D eigenvalue weighted by Crippen LogP contribution is 2.24. The molecule has 0 rings (SSSR count). The van der Waals surface area contributed by atoms with Crippen molar-refractivity contribution in [3.8, 4) is 0 Å². The van der Waals surface area contributed by atoms with E-state index in [4.69, 9.17) is 0 Å². The molecule has 0 aromatic heterocycles. The lowest BCUT2D eigenvalue weighted by Gasteiger charge is -2.08. The van der Waals surface area contributed by atoms with Crippen LogP contribution in [0.2, 0.25) is 0 Å². The SMILES string of the molecule is C\C=C(/C=N/C(=C/CCC)CC(C)C)C(F)(F)F. The third-order valence-corrected chi connectivity index (χ3v) is 2.29. The van der Waals surface area contributed by atoms with Crippen molar-refractivity contribution < 1.29 is 13.2 Å². The van der Waals surface area contributed by atoms with Gasteiger partial charge in [-0.05, 0) is 25.7 Å². The summed E-state index contributed by atoms with van der Waals surface area (Å²) in [5.41, 5.74) is 0.0316. The molecule has 0 amide bonds. The fraction of sp³-hybridized carbons (Fsp3) is 0.643. The second-order valence-electron chi connectivity index (χ2n) is 4.58. The highest BCUT2D eigenvalue weighted by molar-refractivity contribution is 5.80. The third-order valence-electron chi connectivity index (χ3n) is 2.29. The predicted octanol–water partition coefficient (Wildman–Crippen LogP) is 5.30. The summed E-state index contributed by atoms with van der Waals surface area (Å²) in [4.78, 5) is 3.99. The highest BCUT2D eigenvalue weighted by Gasteiger charge is 2.31. The molecule has 0 aliphatic heterocycles. The van der Waals surface area contributed by atoms with Crippen LogP contribution in [0.3, 0.4) is 0 Å². The van der Waals surface area contributed by atoms with Crippen molar-refractivity contribution in [2.24, 2.45) is 10.9 Å². The smallest absolute Gasteiger partial charge is 0.261 e. The fourth-order valence-corrected chi connectivity index (χ4v) is 1.38. The second kappa shape index (κ2) is 8.11. The summed E-state index contributed by atoms with van der Waals surface area (Å²) in [6, 6.07) is 0. The Kier molecular flexibility index (Phi) is 7.64. The average molecular weight is 261 g/mol. The Hall–Kier alpha value is -1.06. The predicted molar refractivity (Wildman–Crippen MR) is 70.8 cm³/mol. The van der Waals surface area contributed by atoms with Gasteiger partial charge in [-0.15, -0.1) is 0 Å². The van der Waals surface area contributed by atoms with Gasteiger partial charge in [-0.25, -0.2) is 0 Å². The number of rotatable bonds is 6. The normalized spacial score (nSPS) is 14.9. The molecule has 104 valence electrons. The number of unbranched alkanes of at least 4 members (excludes halogenated alkanes) is 1. The summed E-state index contributed by atoms with van der Waals surface area (Å²) in [6.07, 6.45) is 2.06. The molecule has 0 aliphatic rings. The maximum atomic E-state index is 12.5. The lowest BCUT2D eigenvalue weighted by Crippen LogP contribution is -2.12. The molecular formula is C14H22F3N. The van der Waals surface area contributed by atoms with Crippen LogP contribution >= 0.6 is 0 Å². The maximum absolute atomic E-state index is 12.5. The largest absolute Gasteiger partial charge is 0.417 e. The van der Waals surface area contributed by atoms with Gasteiger partial charge >= 0.3 is 6.18 Å². The second-order valence-corrected chi connectivity index (χ2v) is 4.58. The average Bonchev–Trinajstić information content (AvgIpc) is 2.23. The van der Waals surface area contributed by atoms with Crippen LogP contribution in [0.1, 0.15) is 47.0 Å². The first kappa shape index (κ1) is 16.9. The zero-order chi connectivity index (χ0) is 14.2. The first-order valence-electron chi connectivity index (χ1n) is 6.27. The maximum Gasteiger partial charge on any atom is 0.417 e. The van der Waals surface area contributed by atoms with Crippen LogP contribution < -0.4 is 0 Å². The van der Waals surface area contributed by atoms with Gasteiger partial charge < -0.3 is 0 Å². The van der Waals surface area contributed by atoms with E-state index in [0.29, 0.717) is 12.3 Å². The molecule has 0 aromatic carbocycles. The molecule has 0 bridgehead atoms. The summed E-state index contributed by atoms with van der Waals surface area (Å²) in [6.45, 7) is 7.44. The van der Waals surface area contributed by atoms with Gasteiger partial charge in [-0.1, -0.05) is 39.3 Å². The Morgan fingerprint density at radius 2 is 1.89 bits per heavy atom. The van der Waals surface area contributed by atoms with E-state index < -0.39 is 11.7 Å². The van der Waals surface area contributed by atoms with Gasteiger partial charge in [0, 0.05) is 11.9 Å². The third kappa shape index (κ3) is 7.30. The number of alkyl halides is 3. The molecule has 18 heavy (non-hydrogen) atoms. The Bertz CT molecular complexity index is 322. The van der Waals surface area contributed by atoms with Crippen LogP contribution in [0.5, 0.6) is 0 Å². The van der Waals surface area contributed by atoms with Crippen molar-refractivity contribution in [1.29, 1.82) is 0 Å². The van der Waals surface area contributed by atoms with Gasteiger partial charge in [0.2, 0.25) is 0 Å². The number of allylic oxidation sites excluding steroid dienone is 4. The van der Waals surface area contributed by atoms with Gasteiger partial charge in [0.15, 0.2) is 0 Å². The molecule has 1 nitrogen and oxygen atoms in total. The number of nitrogens with zero attached hydrogens (tertiary/aromatic N) is 1. The Balaban J connectivity index is 4.86. The molecule has 4 heteroatoms. The van der Waals surface area contributed by atoms with Gasteiger partial charge in [0.25, 0.3) is 0 Å². The Morgan fingerprint density at radius 1 is 1.28 bits per heavy atom. The van der Waals surface area contributed by atoms with Crippen molar-refractivity contribution in [2.45, 2.75) is 53.1 Å². The van der Waals surface area contributed by atoms with E-state index in [1.54, 1.807) is 0 Å². The van der Waals surface area contributed by atoms with E-state index in [1.165, 1.54) is 6.92 Å². The van der Waals surface area contributed by atoms with Crippen molar-refractivity contribution in [3.05, 3.63) is 23.4 Å². The zero-order valence-electron chi connectivity index (χ0n) is 11.5. The molecule has 0 fully saturated rings. The topological polar surface area (TPSA) is 12.4 Å². The molecule has 0 aliphatic carbocycles. The summed E-state index contributed by atoms with van der Waals surface area (Å²) >= 11 is 0. The molecule has 0 spiro atoms. The molecule has 0 aromatic rings. The lowest BCUT2D eigenvalue weighted by molar-refractivity contribution is -0.0857. The Labute approximate surface area is 107 Å². The van der Waals surface area contributed by atoms with Crippen LogP contribution in [0.25, 0.3) is 0 Å². The number of hydrogen-bond donors (Lipinski definition) is 0. The summed E-state index contributed by atoms with van der Waals surface area (Å²) in [5.74, 6) is 0.380. The van der Waals surface area contributed by atoms with Crippen LogP contribution in [0.4, 0.5) is 13.2 Å². The van der Waals surface area contributed by atoms with Crippen molar-refractivity contribution in [3.63, 3.8) is 0 Å². The molecule has 0 heterocycles. The molecule has 0 saturated heterocycles. The molecule has 0 unspecified atom stereocenters. The van der Waals surface area contributed by atoms with Gasteiger partial charge in [0.05, 0.1) is 5.57 Å². The summed E-state index contributed by atoms with van der Waals surface area (Å²) in [7, 11) is 0. The van der Waals surface area contributed by atoms with Crippen LogP contribution in [-0.2, 0) is 0 Å². The summed E-state index contributed by atoms with van der Waals surface area (Å²) in [5, 5.41) is 0. The Morgan fingerprint density at radius 3 is 2.28 bits per heavy atom. The number of halogens is 3. The van der Waals surface area contributed by atoms with E-state index in [-0.39, 0.29) is 0 Å². The van der Waals surface area contributed by atoms with E-state index >= 15 is 0 Å². The van der Waals surface area contributed by atoms with Crippen LogP contribution in [0, 0.1) is 5.92 Å². The summed E-state index contributed by atoms with van der Waals surface area (Å²) < 4.78 is 37.5. The number of hydrogen-bond acceptors (Lipinski definition) is 1. The number of aliphatic imine (C=N–C) groups is 1. The quantitative estimate of drug-likeness (QED) is 0.576. The minimum absolute atomic E-state index is 0.380. The van der Waals surface area contributed by atoms with Gasteiger partial charge in [-0.2, -0.15) is 13.2 Å². The molecule has 0 N–H and O–H groups in total. The highest BCUT2D eigenvalue weighted by atomic mass is 19.4. The van der Waals surface area contributed by atoms with Crippen molar-refractivity contribution >= 4 is 6.21 Å². The molecule has 0 atom stereocenters. The van der Waals surface area contributed by atoms with E-state index in [9.17, 15) is 13.2 Å². The minimum Gasteiger partial charge on any atom is -0.261 e. The van der Waals surface area contributed by atoms with E-state index in [0.717, 1.165) is 30.8 Å². The first-order chi connectivity index (χ1) is 8.31. The van der Waals surface area contributed by atoms with Gasteiger partial charge in [0.1, 0.15) is 0 Å². The van der Waals surface area contributed by atoms with E-state index in [2.05, 4.69) is 4.99 Å². The van der Waals surface area contributed by atoms with Crippen LogP contribution in [-0.4, -0.2) is 12.4 Å². The minimum atomic E-state index is -4.33. The molecular weight excluding hydrogens is 239 g/mol. The molecule has 0 radical (unpaired) electrons. The van der Waals surface area contributed by atoms with E-state index in [1.807, 2.05) is 26.8 Å². The zero-order valence-corrected chi connectivity index (χ0v) is 11.5. The van der Waals surface area contributed by atoms with Crippen molar-refractivity contribution in [2.75, 3.05) is 0 Å². The fourth-order valence-electron chi connectivity index (χ4n) is 1.38. The van der Waals surface area contributed by atoms with Crippen molar-refractivity contribution in [1.82, 2.24) is 0 Å². The van der Waals surface area contributed by atoms with Crippen LogP contribution in [0.15, 0.2) is 28.4 Å².